The second kappa shape index (κ2) is 9.44. The summed E-state index contributed by atoms with van der Waals surface area (Å²) in [4.78, 5) is 25.0. The van der Waals surface area contributed by atoms with Crippen molar-refractivity contribution in [1.82, 2.24) is 24.0 Å². The second-order valence-electron chi connectivity index (χ2n) is 8.85. The van der Waals surface area contributed by atoms with E-state index < -0.39 is 0 Å². The molecule has 2 aromatic heterocycles. The van der Waals surface area contributed by atoms with Crippen LogP contribution in [0.15, 0.2) is 47.5 Å². The van der Waals surface area contributed by atoms with E-state index in [0.29, 0.717) is 42.3 Å². The minimum atomic E-state index is -0.344. The molecule has 9 heteroatoms. The minimum Gasteiger partial charge on any atom is -0.381 e. The Kier molecular flexibility index (Phi) is 6.24. The van der Waals surface area contributed by atoms with Crippen LogP contribution in [0.25, 0.3) is 17.1 Å². The summed E-state index contributed by atoms with van der Waals surface area (Å²) in [6.07, 6.45) is 7.20. The number of halogens is 1. The van der Waals surface area contributed by atoms with Gasteiger partial charge in [0.05, 0.1) is 17.1 Å². The summed E-state index contributed by atoms with van der Waals surface area (Å²) in [5.74, 6) is 0.211. The van der Waals surface area contributed by atoms with Crippen molar-refractivity contribution >= 4 is 5.95 Å². The number of aromatic nitrogens is 4. The van der Waals surface area contributed by atoms with Crippen LogP contribution in [0.5, 0.6) is 0 Å². The monoisotopic (exact) mass is 452 g/mol. The van der Waals surface area contributed by atoms with Crippen LogP contribution in [-0.2, 0) is 4.74 Å². The molecule has 1 aromatic carbocycles. The van der Waals surface area contributed by atoms with Crippen molar-refractivity contribution in [3.63, 3.8) is 0 Å². The second-order valence-corrected chi connectivity index (χ2v) is 8.85. The molecule has 4 heterocycles. The van der Waals surface area contributed by atoms with E-state index in [9.17, 15) is 9.18 Å². The first kappa shape index (κ1) is 21.8. The van der Waals surface area contributed by atoms with Crippen molar-refractivity contribution in [3.05, 3.63) is 59.0 Å². The number of nitrogens with zero attached hydrogens (tertiary/aromatic N) is 5. The predicted molar refractivity (Wildman–Crippen MR) is 124 cm³/mol. The van der Waals surface area contributed by atoms with Gasteiger partial charge >= 0.3 is 5.69 Å². The van der Waals surface area contributed by atoms with E-state index in [2.05, 4.69) is 22.2 Å². The van der Waals surface area contributed by atoms with Crippen LogP contribution in [0, 0.1) is 5.82 Å². The van der Waals surface area contributed by atoms with Gasteiger partial charge in [0.15, 0.2) is 0 Å². The first-order chi connectivity index (χ1) is 16.1. The number of imidazole rings is 1. The third-order valence-electron chi connectivity index (χ3n) is 6.55. The number of hydrogen-bond donors (Lipinski definition) is 1. The number of rotatable bonds is 5. The van der Waals surface area contributed by atoms with E-state index in [1.54, 1.807) is 27.5 Å². The zero-order valence-corrected chi connectivity index (χ0v) is 18.8. The summed E-state index contributed by atoms with van der Waals surface area (Å²) in [6, 6.07) is 8.16. The molecule has 0 atom stereocenters. The Balaban J connectivity index is 1.52. The number of piperidine rings is 1. The number of anilines is 1. The van der Waals surface area contributed by atoms with Crippen LogP contribution in [0.3, 0.4) is 0 Å². The lowest BCUT2D eigenvalue weighted by Gasteiger charge is -2.29. The highest BCUT2D eigenvalue weighted by atomic mass is 19.1. The quantitative estimate of drug-likeness (QED) is 0.641. The van der Waals surface area contributed by atoms with Crippen molar-refractivity contribution in [1.29, 1.82) is 0 Å². The standard InChI is InChI=1S/C24H29FN6O2/c1-29-12-7-18(8-13-29)27-23-26-11-6-21(28-23)22-16-30(19-9-14-33-15-10-19)24(32)31(22)20-4-2-17(25)3-5-20/h2-6,11,16,18-19H,7-10,12-15H2,1H3,(H,26,27,28). The average Bonchev–Trinajstić information content (AvgIpc) is 3.19. The summed E-state index contributed by atoms with van der Waals surface area (Å²) < 4.78 is 22.4. The molecular weight excluding hydrogens is 423 g/mol. The molecule has 174 valence electrons. The van der Waals surface area contributed by atoms with Gasteiger partial charge in [-0.25, -0.2) is 19.2 Å². The van der Waals surface area contributed by atoms with Crippen LogP contribution in [0.2, 0.25) is 0 Å². The highest BCUT2D eigenvalue weighted by Crippen LogP contribution is 2.26. The zero-order valence-electron chi connectivity index (χ0n) is 18.8. The van der Waals surface area contributed by atoms with Crippen molar-refractivity contribution in [2.24, 2.45) is 0 Å². The lowest BCUT2D eigenvalue weighted by Crippen LogP contribution is -2.37. The third kappa shape index (κ3) is 4.69. The molecule has 5 rings (SSSR count). The summed E-state index contributed by atoms with van der Waals surface area (Å²) >= 11 is 0. The van der Waals surface area contributed by atoms with Gasteiger partial charge in [-0.15, -0.1) is 0 Å². The van der Waals surface area contributed by atoms with Crippen LogP contribution in [-0.4, -0.2) is 63.4 Å². The van der Waals surface area contributed by atoms with Gasteiger partial charge in [-0.05, 0) is 76.2 Å². The Morgan fingerprint density at radius 3 is 2.52 bits per heavy atom. The average molecular weight is 453 g/mol. The fraction of sp³-hybridized carbons (Fsp3) is 0.458. The molecule has 2 aliphatic heterocycles. The van der Waals surface area contributed by atoms with Crippen LogP contribution < -0.4 is 11.0 Å². The smallest absolute Gasteiger partial charge is 0.333 e. The Labute approximate surface area is 192 Å². The first-order valence-electron chi connectivity index (χ1n) is 11.5. The van der Waals surface area contributed by atoms with Crippen molar-refractivity contribution in [2.45, 2.75) is 37.8 Å². The molecule has 0 aliphatic carbocycles. The largest absolute Gasteiger partial charge is 0.381 e. The van der Waals surface area contributed by atoms with Crippen molar-refractivity contribution in [3.8, 4) is 17.1 Å². The fourth-order valence-corrected chi connectivity index (χ4v) is 4.61. The number of benzene rings is 1. The molecule has 33 heavy (non-hydrogen) atoms. The number of likely N-dealkylation sites (tertiary alicyclic amines) is 1. The maximum atomic E-state index is 13.6. The van der Waals surface area contributed by atoms with E-state index in [1.165, 1.54) is 12.1 Å². The summed E-state index contributed by atoms with van der Waals surface area (Å²) in [7, 11) is 2.13. The van der Waals surface area contributed by atoms with Gasteiger partial charge in [-0.3, -0.25) is 9.13 Å². The van der Waals surface area contributed by atoms with E-state index in [-0.39, 0.29) is 17.5 Å². The normalized spacial score (nSPS) is 18.5. The maximum Gasteiger partial charge on any atom is 0.333 e. The topological polar surface area (TPSA) is 77.2 Å². The third-order valence-corrected chi connectivity index (χ3v) is 6.55. The first-order valence-corrected chi connectivity index (χ1v) is 11.5. The summed E-state index contributed by atoms with van der Waals surface area (Å²) in [6.45, 7) is 3.34. The van der Waals surface area contributed by atoms with Crippen molar-refractivity contribution < 1.29 is 9.13 Å². The molecule has 2 fully saturated rings. The van der Waals surface area contributed by atoms with Crippen LogP contribution >= 0.6 is 0 Å². The Morgan fingerprint density at radius 1 is 1.06 bits per heavy atom. The molecule has 0 unspecified atom stereocenters. The number of hydrogen-bond acceptors (Lipinski definition) is 6. The van der Waals surface area contributed by atoms with Gasteiger partial charge in [-0.2, -0.15) is 0 Å². The minimum absolute atomic E-state index is 0.0605. The molecule has 1 N–H and O–H groups in total. The SMILES string of the molecule is CN1CCC(Nc2nccc(-c3cn(C4CCOCC4)c(=O)n3-c3ccc(F)cc3)n2)CC1. The van der Waals surface area contributed by atoms with Crippen LogP contribution in [0.1, 0.15) is 31.7 Å². The Bertz CT molecular complexity index is 1140. The van der Waals surface area contributed by atoms with E-state index >= 15 is 0 Å². The van der Waals surface area contributed by atoms with E-state index in [4.69, 9.17) is 9.72 Å². The molecule has 0 spiro atoms. The highest BCUT2D eigenvalue weighted by Gasteiger charge is 2.24. The number of nitrogens with one attached hydrogen (secondary N) is 1. The lowest BCUT2D eigenvalue weighted by molar-refractivity contribution is 0.0686. The van der Waals surface area contributed by atoms with Gasteiger partial charge in [0.2, 0.25) is 5.95 Å². The van der Waals surface area contributed by atoms with Gasteiger partial charge in [0.1, 0.15) is 5.82 Å². The Hall–Kier alpha value is -3.04. The lowest BCUT2D eigenvalue weighted by atomic mass is 10.1. The molecule has 0 amide bonds. The van der Waals surface area contributed by atoms with Gasteiger partial charge < -0.3 is 15.0 Å². The Morgan fingerprint density at radius 2 is 1.79 bits per heavy atom. The zero-order chi connectivity index (χ0) is 22.8. The molecule has 8 nitrogen and oxygen atoms in total. The molecule has 3 aromatic rings. The number of ether oxygens (including phenoxy) is 1. The fourth-order valence-electron chi connectivity index (χ4n) is 4.61. The molecular formula is C24H29FN6O2. The van der Waals surface area contributed by atoms with Crippen molar-refractivity contribution in [2.75, 3.05) is 38.7 Å². The summed E-state index contributed by atoms with van der Waals surface area (Å²) in [5, 5.41) is 3.45. The van der Waals surface area contributed by atoms with Crippen LogP contribution in [0.4, 0.5) is 10.3 Å². The van der Waals surface area contributed by atoms with Gasteiger partial charge in [0, 0.05) is 37.7 Å². The predicted octanol–water partition coefficient (Wildman–Crippen LogP) is 3.09. The maximum absolute atomic E-state index is 13.6. The van der Waals surface area contributed by atoms with E-state index in [1.807, 2.05) is 12.3 Å². The molecule has 2 saturated heterocycles. The highest BCUT2D eigenvalue weighted by molar-refractivity contribution is 5.59. The molecule has 0 saturated carbocycles. The molecule has 2 aliphatic rings. The van der Waals surface area contributed by atoms with E-state index in [0.717, 1.165) is 38.8 Å². The van der Waals surface area contributed by atoms with Gasteiger partial charge in [-0.1, -0.05) is 0 Å². The summed E-state index contributed by atoms with van der Waals surface area (Å²) in [5.41, 5.74) is 1.75. The molecule has 0 radical (unpaired) electrons. The van der Waals surface area contributed by atoms with Gasteiger partial charge in [0.25, 0.3) is 0 Å². The molecule has 0 bridgehead atoms.